The molecule has 0 aliphatic carbocycles. The molecule has 0 radical (unpaired) electrons. The lowest BCUT2D eigenvalue weighted by molar-refractivity contribution is -0.679. The number of pyridine rings is 1. The van der Waals surface area contributed by atoms with E-state index < -0.39 is 0 Å². The number of aryl methyl sites for hydroxylation is 2. The number of aromatic nitrogens is 2. The van der Waals surface area contributed by atoms with Gasteiger partial charge in [0.25, 0.3) is 0 Å². The van der Waals surface area contributed by atoms with Crippen LogP contribution in [0, 0.1) is 13.8 Å². The molecule has 0 saturated carbocycles. The second-order valence-corrected chi connectivity index (χ2v) is 5.95. The van der Waals surface area contributed by atoms with Gasteiger partial charge in [0.1, 0.15) is 7.05 Å². The van der Waals surface area contributed by atoms with Crippen molar-refractivity contribution >= 4 is 22.2 Å². The Balaban J connectivity index is 1.97. The zero-order valence-corrected chi connectivity index (χ0v) is 12.3. The highest BCUT2D eigenvalue weighted by molar-refractivity contribution is 7.09. The summed E-state index contributed by atoms with van der Waals surface area (Å²) in [6.07, 6.45) is 0.902. The third-order valence-corrected chi connectivity index (χ3v) is 4.65. The molecular weight excluding hydrogens is 252 g/mol. The second-order valence-electron chi connectivity index (χ2n) is 5.01. The molecule has 0 spiro atoms. The Bertz CT molecular complexity index is 744. The highest BCUT2D eigenvalue weighted by Crippen LogP contribution is 2.17. The minimum Gasteiger partial charge on any atom is -0.252 e. The molecule has 0 unspecified atom stereocenters. The lowest BCUT2D eigenvalue weighted by atomic mass is 10.1. The summed E-state index contributed by atoms with van der Waals surface area (Å²) in [6, 6.07) is 10.7. The predicted octanol–water partition coefficient (Wildman–Crippen LogP) is 3.33. The van der Waals surface area contributed by atoms with E-state index in [9.17, 15) is 0 Å². The van der Waals surface area contributed by atoms with E-state index >= 15 is 0 Å². The van der Waals surface area contributed by atoms with Crippen molar-refractivity contribution in [2.75, 3.05) is 0 Å². The summed E-state index contributed by atoms with van der Waals surface area (Å²) in [6.45, 7) is 4.25. The van der Waals surface area contributed by atoms with E-state index in [1.807, 2.05) is 0 Å². The molecule has 1 aromatic carbocycles. The molecule has 3 heteroatoms. The van der Waals surface area contributed by atoms with Gasteiger partial charge in [-0.15, -0.1) is 0 Å². The van der Waals surface area contributed by atoms with Gasteiger partial charge in [-0.3, -0.25) is 4.98 Å². The van der Waals surface area contributed by atoms with Crippen LogP contribution in [0.5, 0.6) is 0 Å². The summed E-state index contributed by atoms with van der Waals surface area (Å²) < 4.78 is 2.24. The normalized spacial score (nSPS) is 11.1. The van der Waals surface area contributed by atoms with Gasteiger partial charge in [0.05, 0.1) is 23.0 Å². The van der Waals surface area contributed by atoms with Gasteiger partial charge in [-0.25, -0.2) is 0 Å². The van der Waals surface area contributed by atoms with Gasteiger partial charge in [-0.2, -0.15) is 4.57 Å². The molecule has 2 aromatic heterocycles. The second kappa shape index (κ2) is 4.74. The number of thiazole rings is 1. The Labute approximate surface area is 117 Å². The average Bonchev–Trinajstić information content (AvgIpc) is 2.71. The van der Waals surface area contributed by atoms with Gasteiger partial charge < -0.3 is 0 Å². The SMILES string of the molecule is Cc1ccc2nc(Cc3scc(C)[n+]3C)ccc2c1. The highest BCUT2D eigenvalue weighted by atomic mass is 32.1. The van der Waals surface area contributed by atoms with Gasteiger partial charge in [-0.05, 0) is 25.1 Å². The van der Waals surface area contributed by atoms with Crippen LogP contribution in [0.15, 0.2) is 35.7 Å². The van der Waals surface area contributed by atoms with Crippen molar-refractivity contribution in [1.29, 1.82) is 0 Å². The van der Waals surface area contributed by atoms with Crippen LogP contribution in [-0.4, -0.2) is 4.98 Å². The zero-order valence-electron chi connectivity index (χ0n) is 11.5. The summed E-state index contributed by atoms with van der Waals surface area (Å²) in [5, 5.41) is 4.76. The van der Waals surface area contributed by atoms with Gasteiger partial charge in [0.15, 0.2) is 5.69 Å². The van der Waals surface area contributed by atoms with Crippen LogP contribution in [0.3, 0.4) is 0 Å². The fourth-order valence-corrected chi connectivity index (χ4v) is 3.21. The molecule has 0 aliphatic heterocycles. The number of fused-ring (bicyclic) bond motifs is 1. The number of rotatable bonds is 2. The van der Waals surface area contributed by atoms with Crippen LogP contribution in [-0.2, 0) is 13.5 Å². The van der Waals surface area contributed by atoms with E-state index in [2.05, 4.69) is 61.2 Å². The maximum absolute atomic E-state index is 4.76. The Morgan fingerprint density at radius 2 is 2.00 bits per heavy atom. The molecule has 0 atom stereocenters. The first-order valence-electron chi connectivity index (χ1n) is 6.43. The first-order chi connectivity index (χ1) is 9.13. The Morgan fingerprint density at radius 3 is 2.74 bits per heavy atom. The summed E-state index contributed by atoms with van der Waals surface area (Å²) in [4.78, 5) is 4.76. The van der Waals surface area contributed by atoms with E-state index in [0.717, 1.165) is 17.6 Å². The topological polar surface area (TPSA) is 16.8 Å². The molecule has 0 amide bonds. The van der Waals surface area contributed by atoms with Gasteiger partial charge >= 0.3 is 0 Å². The van der Waals surface area contributed by atoms with Crippen molar-refractivity contribution in [2.24, 2.45) is 7.05 Å². The van der Waals surface area contributed by atoms with Crippen molar-refractivity contribution in [2.45, 2.75) is 20.3 Å². The predicted molar refractivity (Wildman–Crippen MR) is 79.5 cm³/mol. The molecule has 0 N–H and O–H groups in total. The molecular formula is C16H17N2S+. The fourth-order valence-electron chi connectivity index (χ4n) is 2.21. The molecule has 2 nitrogen and oxygen atoms in total. The van der Waals surface area contributed by atoms with Gasteiger partial charge in [-0.1, -0.05) is 29.0 Å². The molecule has 0 fully saturated rings. The number of nitrogens with zero attached hydrogens (tertiary/aromatic N) is 2. The molecule has 3 aromatic rings. The average molecular weight is 269 g/mol. The minimum absolute atomic E-state index is 0.902. The van der Waals surface area contributed by atoms with Crippen LogP contribution in [0.1, 0.15) is 22.0 Å². The highest BCUT2D eigenvalue weighted by Gasteiger charge is 2.14. The van der Waals surface area contributed by atoms with Crippen LogP contribution in [0.2, 0.25) is 0 Å². The van der Waals surface area contributed by atoms with Crippen molar-refractivity contribution in [1.82, 2.24) is 4.98 Å². The zero-order chi connectivity index (χ0) is 13.4. The molecule has 0 saturated heterocycles. The van der Waals surface area contributed by atoms with Crippen molar-refractivity contribution in [3.8, 4) is 0 Å². The minimum atomic E-state index is 0.902. The molecule has 3 rings (SSSR count). The van der Waals surface area contributed by atoms with Crippen LogP contribution >= 0.6 is 11.3 Å². The Kier molecular flexibility index (Phi) is 3.07. The van der Waals surface area contributed by atoms with Crippen molar-refractivity contribution < 1.29 is 4.57 Å². The largest absolute Gasteiger partial charge is 0.252 e. The van der Waals surface area contributed by atoms with Crippen LogP contribution in [0.4, 0.5) is 0 Å². The fraction of sp³-hybridized carbons (Fsp3) is 0.250. The smallest absolute Gasteiger partial charge is 0.243 e. The summed E-state index contributed by atoms with van der Waals surface area (Å²) in [7, 11) is 2.12. The lowest BCUT2D eigenvalue weighted by Gasteiger charge is -2.02. The maximum atomic E-state index is 4.76. The first-order valence-corrected chi connectivity index (χ1v) is 7.31. The van der Waals surface area contributed by atoms with Crippen LogP contribution in [0.25, 0.3) is 10.9 Å². The summed E-state index contributed by atoms with van der Waals surface area (Å²) in [5.74, 6) is 0. The quantitative estimate of drug-likeness (QED) is 0.652. The number of hydrogen-bond donors (Lipinski definition) is 0. The monoisotopic (exact) mass is 269 g/mol. The number of benzene rings is 1. The van der Waals surface area contributed by atoms with E-state index in [1.54, 1.807) is 11.3 Å². The van der Waals surface area contributed by atoms with E-state index in [0.29, 0.717) is 0 Å². The van der Waals surface area contributed by atoms with Crippen molar-refractivity contribution in [3.63, 3.8) is 0 Å². The molecule has 0 aliphatic rings. The molecule has 19 heavy (non-hydrogen) atoms. The lowest BCUT2D eigenvalue weighted by Crippen LogP contribution is -2.33. The van der Waals surface area contributed by atoms with E-state index in [-0.39, 0.29) is 0 Å². The molecule has 96 valence electrons. The third-order valence-electron chi connectivity index (χ3n) is 3.50. The molecule has 0 bridgehead atoms. The Morgan fingerprint density at radius 1 is 1.16 bits per heavy atom. The van der Waals surface area contributed by atoms with Gasteiger partial charge in [0, 0.05) is 12.3 Å². The standard InChI is InChI=1S/C16H17N2S/c1-11-4-7-15-13(8-11)5-6-14(17-15)9-16-18(3)12(2)10-19-16/h4-8,10H,9H2,1-3H3/q+1. The van der Waals surface area contributed by atoms with Crippen molar-refractivity contribution in [3.05, 3.63) is 57.7 Å². The summed E-state index contributed by atoms with van der Waals surface area (Å²) in [5.41, 5.74) is 4.80. The van der Waals surface area contributed by atoms with E-state index in [4.69, 9.17) is 4.98 Å². The van der Waals surface area contributed by atoms with Gasteiger partial charge in [0.2, 0.25) is 5.01 Å². The third kappa shape index (κ3) is 2.38. The van der Waals surface area contributed by atoms with Crippen LogP contribution < -0.4 is 4.57 Å². The maximum Gasteiger partial charge on any atom is 0.243 e. The number of hydrogen-bond acceptors (Lipinski definition) is 2. The summed E-state index contributed by atoms with van der Waals surface area (Å²) >= 11 is 1.80. The first kappa shape index (κ1) is 12.3. The Hall–Kier alpha value is -1.74. The van der Waals surface area contributed by atoms with E-state index in [1.165, 1.54) is 21.7 Å². The molecule has 2 heterocycles.